The molecule has 0 radical (unpaired) electrons. The largest absolute Gasteiger partial charge is 0.481 e. The average Bonchev–Trinajstić information content (AvgIpc) is 2.15. The summed E-state index contributed by atoms with van der Waals surface area (Å²) in [6.45, 7) is 3.75. The molecule has 14 heavy (non-hydrogen) atoms. The number of carboxylic acids is 1. The van der Waals surface area contributed by atoms with Crippen molar-refractivity contribution in [2.45, 2.75) is 20.3 Å². The molecule has 0 rings (SSSR count). The summed E-state index contributed by atoms with van der Waals surface area (Å²) >= 11 is 1.22. The van der Waals surface area contributed by atoms with Crippen molar-refractivity contribution in [2.24, 2.45) is 10.9 Å². The third-order valence-corrected chi connectivity index (χ3v) is 2.51. The number of aliphatic imine (C=N–C) groups is 1. The van der Waals surface area contributed by atoms with Crippen molar-refractivity contribution in [3.8, 4) is 0 Å². The first-order valence-corrected chi connectivity index (χ1v) is 5.59. The summed E-state index contributed by atoms with van der Waals surface area (Å²) in [6.07, 6.45) is 2.25. The maximum atomic E-state index is 11.1. The summed E-state index contributed by atoms with van der Waals surface area (Å²) < 4.78 is 0. The number of carbonyl (C=O) groups is 2. The lowest BCUT2D eigenvalue weighted by atomic mass is 10.1. The van der Waals surface area contributed by atoms with E-state index < -0.39 is 5.97 Å². The summed E-state index contributed by atoms with van der Waals surface area (Å²) in [4.78, 5) is 25.0. The first kappa shape index (κ1) is 13.2. The lowest BCUT2D eigenvalue weighted by Crippen LogP contribution is -2.07. The van der Waals surface area contributed by atoms with Gasteiger partial charge in [-0.2, -0.15) is 0 Å². The molecule has 0 aromatic heterocycles. The van der Waals surface area contributed by atoms with Crippen LogP contribution < -0.4 is 0 Å². The van der Waals surface area contributed by atoms with E-state index >= 15 is 0 Å². The standard InChI is InChI=1S/C9H15NO3S/c1-3-7(2)9(13)10-4-5-14-6-8(11)12/h4,7H,3,5-6H2,1-2H3,(H,11,12). The number of carboxylic acid groups (broad SMARTS) is 1. The molecule has 0 aromatic rings. The Morgan fingerprint density at radius 3 is 2.71 bits per heavy atom. The molecule has 1 atom stereocenters. The zero-order valence-corrected chi connectivity index (χ0v) is 9.21. The molecule has 4 nitrogen and oxygen atoms in total. The molecular weight excluding hydrogens is 202 g/mol. The van der Waals surface area contributed by atoms with Crippen LogP contribution in [0.5, 0.6) is 0 Å². The van der Waals surface area contributed by atoms with Gasteiger partial charge >= 0.3 is 5.97 Å². The molecule has 0 aromatic carbocycles. The molecule has 0 spiro atoms. The first-order chi connectivity index (χ1) is 6.57. The minimum absolute atomic E-state index is 0.0452. The molecule has 80 valence electrons. The number of rotatable bonds is 6. The van der Waals surface area contributed by atoms with Crippen molar-refractivity contribution in [1.29, 1.82) is 0 Å². The molecule has 1 unspecified atom stereocenters. The van der Waals surface area contributed by atoms with E-state index in [2.05, 4.69) is 4.99 Å². The van der Waals surface area contributed by atoms with Crippen molar-refractivity contribution in [2.75, 3.05) is 11.5 Å². The Bertz CT molecular complexity index is 228. The Morgan fingerprint density at radius 2 is 2.21 bits per heavy atom. The third-order valence-electron chi connectivity index (χ3n) is 1.67. The van der Waals surface area contributed by atoms with Gasteiger partial charge in [-0.1, -0.05) is 13.8 Å². The molecule has 0 fully saturated rings. The number of hydrogen-bond donors (Lipinski definition) is 1. The third kappa shape index (κ3) is 6.65. The van der Waals surface area contributed by atoms with Crippen LogP contribution >= 0.6 is 11.8 Å². The monoisotopic (exact) mass is 217 g/mol. The fraction of sp³-hybridized carbons (Fsp3) is 0.667. The number of hydrogen-bond acceptors (Lipinski definition) is 3. The highest BCUT2D eigenvalue weighted by Gasteiger charge is 2.07. The molecule has 0 bridgehead atoms. The average molecular weight is 217 g/mol. The zero-order chi connectivity index (χ0) is 11.0. The van der Waals surface area contributed by atoms with Crippen molar-refractivity contribution >= 4 is 29.9 Å². The Labute approximate surface area is 87.8 Å². The van der Waals surface area contributed by atoms with Crippen molar-refractivity contribution in [3.63, 3.8) is 0 Å². The number of aliphatic carboxylic acids is 1. The normalized spacial score (nSPS) is 13.0. The van der Waals surface area contributed by atoms with Gasteiger partial charge in [0, 0.05) is 17.9 Å². The van der Waals surface area contributed by atoms with Gasteiger partial charge in [-0.05, 0) is 6.42 Å². The van der Waals surface area contributed by atoms with Gasteiger partial charge in [-0.15, -0.1) is 11.8 Å². The summed E-state index contributed by atoms with van der Waals surface area (Å²) in [7, 11) is 0. The van der Waals surface area contributed by atoms with Crippen LogP contribution in [0, 0.1) is 5.92 Å². The van der Waals surface area contributed by atoms with Crippen LogP contribution in [-0.4, -0.2) is 34.7 Å². The Balaban J connectivity index is 3.62. The van der Waals surface area contributed by atoms with Crippen LogP contribution in [0.4, 0.5) is 0 Å². The van der Waals surface area contributed by atoms with Gasteiger partial charge < -0.3 is 5.11 Å². The molecule has 5 heteroatoms. The smallest absolute Gasteiger partial charge is 0.313 e. The predicted molar refractivity (Wildman–Crippen MR) is 57.9 cm³/mol. The van der Waals surface area contributed by atoms with Crippen LogP contribution in [0.25, 0.3) is 0 Å². The minimum Gasteiger partial charge on any atom is -0.481 e. The Kier molecular flexibility index (Phi) is 7.10. The molecule has 0 aliphatic rings. The van der Waals surface area contributed by atoms with Crippen LogP contribution in [-0.2, 0) is 9.59 Å². The lowest BCUT2D eigenvalue weighted by molar-refractivity contribution is -0.133. The van der Waals surface area contributed by atoms with Crippen molar-refractivity contribution in [3.05, 3.63) is 0 Å². The minimum atomic E-state index is -0.850. The van der Waals surface area contributed by atoms with E-state index in [9.17, 15) is 9.59 Å². The molecule has 1 amide bonds. The summed E-state index contributed by atoms with van der Waals surface area (Å²) in [5, 5.41) is 8.32. The highest BCUT2D eigenvalue weighted by atomic mass is 32.2. The highest BCUT2D eigenvalue weighted by molar-refractivity contribution is 8.00. The molecule has 0 saturated carbocycles. The predicted octanol–water partition coefficient (Wildman–Crippen LogP) is 1.45. The van der Waals surface area contributed by atoms with E-state index in [4.69, 9.17) is 5.11 Å². The molecule has 0 saturated heterocycles. The van der Waals surface area contributed by atoms with Gasteiger partial charge in [-0.25, -0.2) is 4.99 Å². The molecule has 0 heterocycles. The van der Waals surface area contributed by atoms with Crippen LogP contribution in [0.3, 0.4) is 0 Å². The molecule has 0 aliphatic carbocycles. The maximum Gasteiger partial charge on any atom is 0.313 e. The van der Waals surface area contributed by atoms with Gasteiger partial charge in [0.15, 0.2) is 0 Å². The fourth-order valence-electron chi connectivity index (χ4n) is 0.628. The van der Waals surface area contributed by atoms with Crippen LogP contribution in [0.15, 0.2) is 4.99 Å². The van der Waals surface area contributed by atoms with E-state index in [1.165, 1.54) is 18.0 Å². The van der Waals surface area contributed by atoms with Gasteiger partial charge in [0.05, 0.1) is 5.75 Å². The molecule has 1 N–H and O–H groups in total. The fourth-order valence-corrected chi connectivity index (χ4v) is 1.10. The zero-order valence-electron chi connectivity index (χ0n) is 8.40. The van der Waals surface area contributed by atoms with E-state index in [0.717, 1.165) is 6.42 Å². The van der Waals surface area contributed by atoms with Gasteiger partial charge in [-0.3, -0.25) is 9.59 Å². The van der Waals surface area contributed by atoms with Crippen molar-refractivity contribution in [1.82, 2.24) is 0 Å². The second kappa shape index (κ2) is 7.55. The van der Waals surface area contributed by atoms with Gasteiger partial charge in [0.25, 0.3) is 0 Å². The number of carbonyl (C=O) groups excluding carboxylic acids is 1. The Morgan fingerprint density at radius 1 is 1.57 bits per heavy atom. The number of thioether (sulfide) groups is 1. The molecular formula is C9H15NO3S. The number of amides is 1. The lowest BCUT2D eigenvalue weighted by Gasteiger charge is -2.00. The second-order valence-corrected chi connectivity index (χ2v) is 3.90. The summed E-state index contributed by atoms with van der Waals surface area (Å²) in [5.41, 5.74) is 0. The first-order valence-electron chi connectivity index (χ1n) is 4.43. The van der Waals surface area contributed by atoms with Crippen molar-refractivity contribution < 1.29 is 14.7 Å². The quantitative estimate of drug-likeness (QED) is 0.540. The van der Waals surface area contributed by atoms with E-state index in [-0.39, 0.29) is 17.6 Å². The van der Waals surface area contributed by atoms with E-state index in [1.54, 1.807) is 0 Å². The van der Waals surface area contributed by atoms with Gasteiger partial charge in [0.1, 0.15) is 0 Å². The molecule has 0 aliphatic heterocycles. The SMILES string of the molecule is CCC(C)C(=O)N=CCSCC(=O)O. The second-order valence-electron chi connectivity index (χ2n) is 2.87. The van der Waals surface area contributed by atoms with Crippen LogP contribution in [0.1, 0.15) is 20.3 Å². The van der Waals surface area contributed by atoms with Crippen LogP contribution in [0.2, 0.25) is 0 Å². The van der Waals surface area contributed by atoms with E-state index in [0.29, 0.717) is 5.75 Å². The maximum absolute atomic E-state index is 11.1. The highest BCUT2D eigenvalue weighted by Crippen LogP contribution is 2.03. The van der Waals surface area contributed by atoms with E-state index in [1.807, 2.05) is 13.8 Å². The Hall–Kier alpha value is -0.840. The topological polar surface area (TPSA) is 66.7 Å². The van der Waals surface area contributed by atoms with Gasteiger partial charge in [0.2, 0.25) is 5.91 Å². The summed E-state index contributed by atoms with van der Waals surface area (Å²) in [6, 6.07) is 0. The number of nitrogens with zero attached hydrogens (tertiary/aromatic N) is 1. The summed E-state index contributed by atoms with van der Waals surface area (Å²) in [5.74, 6) is -0.520.